The molecule has 102 valence electrons. The van der Waals surface area contributed by atoms with E-state index in [0.29, 0.717) is 29.2 Å². The fourth-order valence-electron chi connectivity index (χ4n) is 2.04. The highest BCUT2D eigenvalue weighted by Crippen LogP contribution is 2.28. The van der Waals surface area contributed by atoms with Crippen molar-refractivity contribution < 1.29 is 8.42 Å². The molecule has 0 saturated carbocycles. The number of thiophene rings is 1. The van der Waals surface area contributed by atoms with Crippen molar-refractivity contribution in [2.75, 3.05) is 27.2 Å². The SMILES string of the molecule is CN(C)C1CCN(S(=O)(=O)c2cc(CCl)cs2)C1. The smallest absolute Gasteiger partial charge is 0.252 e. The van der Waals surface area contributed by atoms with Gasteiger partial charge in [-0.05, 0) is 37.5 Å². The van der Waals surface area contributed by atoms with Gasteiger partial charge in [0.05, 0.1) is 0 Å². The number of halogens is 1. The summed E-state index contributed by atoms with van der Waals surface area (Å²) in [5, 5.41) is 1.80. The molecule has 0 aromatic carbocycles. The topological polar surface area (TPSA) is 40.6 Å². The lowest BCUT2D eigenvalue weighted by Gasteiger charge is -2.19. The number of hydrogen-bond donors (Lipinski definition) is 0. The quantitative estimate of drug-likeness (QED) is 0.797. The standard InChI is InChI=1S/C11H17ClN2O2S2/c1-13(2)10-3-4-14(7-10)18(15,16)11-5-9(6-12)8-17-11/h5,8,10H,3-4,6-7H2,1-2H3. The molecule has 0 radical (unpaired) electrons. The van der Waals surface area contributed by atoms with Gasteiger partial charge in [-0.1, -0.05) is 0 Å². The molecule has 4 nitrogen and oxygen atoms in total. The minimum absolute atomic E-state index is 0.312. The third-order valence-corrected chi connectivity index (χ3v) is 6.87. The largest absolute Gasteiger partial charge is 0.305 e. The van der Waals surface area contributed by atoms with E-state index in [0.717, 1.165) is 12.0 Å². The Morgan fingerprint density at radius 1 is 1.56 bits per heavy atom. The molecule has 18 heavy (non-hydrogen) atoms. The first kappa shape index (κ1) is 14.3. The lowest BCUT2D eigenvalue weighted by molar-refractivity contribution is 0.302. The van der Waals surface area contributed by atoms with Crippen LogP contribution in [-0.4, -0.2) is 50.8 Å². The predicted molar refractivity (Wildman–Crippen MR) is 74.7 cm³/mol. The van der Waals surface area contributed by atoms with Crippen molar-refractivity contribution in [2.24, 2.45) is 0 Å². The van der Waals surface area contributed by atoms with Gasteiger partial charge in [-0.3, -0.25) is 0 Å². The molecule has 1 aromatic rings. The van der Waals surface area contributed by atoms with Crippen molar-refractivity contribution in [3.05, 3.63) is 17.0 Å². The molecular formula is C11H17ClN2O2S2. The predicted octanol–water partition coefficient (Wildman–Crippen LogP) is 1.81. The van der Waals surface area contributed by atoms with E-state index in [1.807, 2.05) is 14.1 Å². The maximum absolute atomic E-state index is 12.4. The molecule has 1 atom stereocenters. The fraction of sp³-hybridized carbons (Fsp3) is 0.636. The molecule has 0 spiro atoms. The van der Waals surface area contributed by atoms with Crippen molar-refractivity contribution in [1.82, 2.24) is 9.21 Å². The van der Waals surface area contributed by atoms with Crippen LogP contribution in [0.2, 0.25) is 0 Å². The maximum Gasteiger partial charge on any atom is 0.252 e. The Morgan fingerprint density at radius 2 is 2.28 bits per heavy atom. The first-order valence-electron chi connectivity index (χ1n) is 5.75. The van der Waals surface area contributed by atoms with Crippen LogP contribution in [0.25, 0.3) is 0 Å². The van der Waals surface area contributed by atoms with E-state index in [1.165, 1.54) is 11.3 Å². The summed E-state index contributed by atoms with van der Waals surface area (Å²) in [5.74, 6) is 0.354. The minimum Gasteiger partial charge on any atom is -0.305 e. The van der Waals surface area contributed by atoms with Gasteiger partial charge in [0, 0.05) is 25.0 Å². The third-order valence-electron chi connectivity index (χ3n) is 3.23. The van der Waals surface area contributed by atoms with Crippen LogP contribution in [0.5, 0.6) is 0 Å². The van der Waals surface area contributed by atoms with Gasteiger partial charge in [-0.2, -0.15) is 4.31 Å². The van der Waals surface area contributed by atoms with Gasteiger partial charge in [0.1, 0.15) is 4.21 Å². The number of sulfonamides is 1. The Hall–Kier alpha value is -0.140. The number of likely N-dealkylation sites (N-methyl/N-ethyl adjacent to an activating group) is 1. The summed E-state index contributed by atoms with van der Waals surface area (Å²) in [5.41, 5.74) is 0.864. The van der Waals surface area contributed by atoms with E-state index in [9.17, 15) is 8.42 Å². The first-order chi connectivity index (χ1) is 8.45. The summed E-state index contributed by atoms with van der Waals surface area (Å²) in [6.07, 6.45) is 0.889. The van der Waals surface area contributed by atoms with Crippen LogP contribution in [0.1, 0.15) is 12.0 Å². The van der Waals surface area contributed by atoms with Crippen molar-refractivity contribution in [3.63, 3.8) is 0 Å². The number of nitrogens with zero attached hydrogens (tertiary/aromatic N) is 2. The van der Waals surface area contributed by atoms with Gasteiger partial charge in [0.25, 0.3) is 10.0 Å². The van der Waals surface area contributed by atoms with Crippen LogP contribution in [0.3, 0.4) is 0 Å². The molecule has 2 rings (SSSR count). The Labute approximate surface area is 117 Å². The van der Waals surface area contributed by atoms with Crippen LogP contribution >= 0.6 is 22.9 Å². The zero-order chi connectivity index (χ0) is 13.3. The Balaban J connectivity index is 2.17. The van der Waals surface area contributed by atoms with Gasteiger partial charge in [0.2, 0.25) is 0 Å². The second-order valence-electron chi connectivity index (χ2n) is 4.68. The lowest BCUT2D eigenvalue weighted by atomic mass is 10.2. The summed E-state index contributed by atoms with van der Waals surface area (Å²) in [7, 11) is 0.639. The molecule has 1 aliphatic heterocycles. The average molecular weight is 309 g/mol. The molecule has 0 bridgehead atoms. The number of hydrogen-bond acceptors (Lipinski definition) is 4. The second kappa shape index (κ2) is 5.46. The van der Waals surface area contributed by atoms with Crippen LogP contribution in [0.15, 0.2) is 15.7 Å². The highest BCUT2D eigenvalue weighted by molar-refractivity contribution is 7.91. The van der Waals surface area contributed by atoms with Crippen LogP contribution < -0.4 is 0 Å². The molecule has 1 aromatic heterocycles. The van der Waals surface area contributed by atoms with Crippen LogP contribution in [-0.2, 0) is 15.9 Å². The van der Waals surface area contributed by atoms with Crippen molar-refractivity contribution in [2.45, 2.75) is 22.6 Å². The summed E-state index contributed by atoms with van der Waals surface area (Å²) in [6.45, 7) is 1.17. The first-order valence-corrected chi connectivity index (χ1v) is 8.60. The highest BCUT2D eigenvalue weighted by Gasteiger charge is 2.34. The number of rotatable bonds is 4. The molecular weight excluding hydrogens is 292 g/mol. The van der Waals surface area contributed by atoms with E-state index in [4.69, 9.17) is 11.6 Å². The molecule has 1 fully saturated rings. The molecule has 1 saturated heterocycles. The fourth-order valence-corrected chi connectivity index (χ4v) is 5.14. The van der Waals surface area contributed by atoms with E-state index in [2.05, 4.69) is 4.90 Å². The second-order valence-corrected chi connectivity index (χ2v) is 8.02. The van der Waals surface area contributed by atoms with Crippen molar-refractivity contribution >= 4 is 33.0 Å². The maximum atomic E-state index is 12.4. The van der Waals surface area contributed by atoms with Gasteiger partial charge >= 0.3 is 0 Å². The molecule has 2 heterocycles. The third kappa shape index (κ3) is 2.72. The van der Waals surface area contributed by atoms with Crippen molar-refractivity contribution in [3.8, 4) is 0 Å². The minimum atomic E-state index is -3.33. The molecule has 0 amide bonds. The van der Waals surface area contributed by atoms with E-state index in [-0.39, 0.29) is 0 Å². The Kier molecular flexibility index (Phi) is 4.33. The van der Waals surface area contributed by atoms with Crippen LogP contribution in [0, 0.1) is 0 Å². The molecule has 1 unspecified atom stereocenters. The Morgan fingerprint density at radius 3 is 2.78 bits per heavy atom. The molecule has 0 aliphatic carbocycles. The molecule has 0 N–H and O–H groups in total. The van der Waals surface area contributed by atoms with Gasteiger partial charge in [0.15, 0.2) is 0 Å². The summed E-state index contributed by atoms with van der Waals surface area (Å²) in [4.78, 5) is 2.08. The summed E-state index contributed by atoms with van der Waals surface area (Å²) < 4.78 is 26.8. The summed E-state index contributed by atoms with van der Waals surface area (Å²) >= 11 is 6.96. The normalized spacial score (nSPS) is 21.9. The molecule has 7 heteroatoms. The van der Waals surface area contributed by atoms with Crippen molar-refractivity contribution in [1.29, 1.82) is 0 Å². The van der Waals surface area contributed by atoms with Gasteiger partial charge in [-0.15, -0.1) is 22.9 Å². The van der Waals surface area contributed by atoms with E-state index in [1.54, 1.807) is 15.8 Å². The summed E-state index contributed by atoms with van der Waals surface area (Å²) in [6, 6.07) is 1.99. The monoisotopic (exact) mass is 308 g/mol. The van der Waals surface area contributed by atoms with E-state index < -0.39 is 10.0 Å². The van der Waals surface area contributed by atoms with Gasteiger partial charge in [-0.25, -0.2) is 8.42 Å². The zero-order valence-corrected chi connectivity index (χ0v) is 12.9. The molecule has 1 aliphatic rings. The highest BCUT2D eigenvalue weighted by atomic mass is 35.5. The zero-order valence-electron chi connectivity index (χ0n) is 10.5. The average Bonchev–Trinajstić information content (AvgIpc) is 2.98. The number of alkyl halides is 1. The Bertz CT molecular complexity index is 513. The lowest BCUT2D eigenvalue weighted by Crippen LogP contribution is -2.34. The van der Waals surface area contributed by atoms with Gasteiger partial charge < -0.3 is 4.90 Å². The van der Waals surface area contributed by atoms with E-state index >= 15 is 0 Å². The van der Waals surface area contributed by atoms with Crippen LogP contribution in [0.4, 0.5) is 0 Å².